The number of hydrogen-bond acceptors (Lipinski definition) is 5. The molecular weight excluding hydrogens is 216 g/mol. The molecular formula is C11H18N6. The van der Waals surface area contributed by atoms with Crippen molar-refractivity contribution in [2.45, 2.75) is 20.8 Å². The van der Waals surface area contributed by atoms with Crippen molar-refractivity contribution < 1.29 is 0 Å². The number of fused-ring (bicyclic) bond motifs is 1. The molecule has 6 heteroatoms. The first-order valence-electron chi connectivity index (χ1n) is 5.63. The van der Waals surface area contributed by atoms with Crippen molar-refractivity contribution in [1.82, 2.24) is 19.6 Å². The summed E-state index contributed by atoms with van der Waals surface area (Å²) >= 11 is 0. The molecule has 6 nitrogen and oxygen atoms in total. The molecule has 0 radical (unpaired) electrons. The maximum Gasteiger partial charge on any atom is 0.254 e. The first-order chi connectivity index (χ1) is 8.02. The summed E-state index contributed by atoms with van der Waals surface area (Å²) in [5.41, 5.74) is 6.67. The van der Waals surface area contributed by atoms with E-state index in [2.05, 4.69) is 34.2 Å². The summed E-state index contributed by atoms with van der Waals surface area (Å²) in [5, 5.41) is 7.48. The second-order valence-electron chi connectivity index (χ2n) is 4.98. The minimum atomic E-state index is 0.0457. The van der Waals surface area contributed by atoms with Crippen LogP contribution in [0.25, 0.3) is 5.78 Å². The molecule has 0 spiro atoms. The second-order valence-corrected chi connectivity index (χ2v) is 4.98. The van der Waals surface area contributed by atoms with Gasteiger partial charge in [-0.3, -0.25) is 0 Å². The average molecular weight is 234 g/mol. The van der Waals surface area contributed by atoms with Gasteiger partial charge in [-0.2, -0.15) is 14.6 Å². The van der Waals surface area contributed by atoms with E-state index in [1.807, 2.05) is 13.0 Å². The lowest BCUT2D eigenvalue weighted by atomic mass is 9.94. The van der Waals surface area contributed by atoms with Gasteiger partial charge < -0.3 is 11.1 Å². The number of rotatable bonds is 4. The van der Waals surface area contributed by atoms with E-state index >= 15 is 0 Å². The highest BCUT2D eigenvalue weighted by molar-refractivity contribution is 5.44. The van der Waals surface area contributed by atoms with Crippen molar-refractivity contribution in [3.05, 3.63) is 18.1 Å². The molecule has 17 heavy (non-hydrogen) atoms. The van der Waals surface area contributed by atoms with E-state index in [1.165, 1.54) is 6.33 Å². The van der Waals surface area contributed by atoms with Gasteiger partial charge in [-0.1, -0.05) is 13.8 Å². The van der Waals surface area contributed by atoms with Crippen LogP contribution in [0.5, 0.6) is 0 Å². The van der Waals surface area contributed by atoms with Crippen LogP contribution >= 0.6 is 0 Å². The zero-order chi connectivity index (χ0) is 12.5. The zero-order valence-corrected chi connectivity index (χ0v) is 10.4. The first kappa shape index (κ1) is 11.8. The molecule has 0 aliphatic heterocycles. The lowest BCUT2D eigenvalue weighted by Gasteiger charge is -2.23. The summed E-state index contributed by atoms with van der Waals surface area (Å²) in [5.74, 6) is 1.50. The molecule has 0 unspecified atom stereocenters. The quantitative estimate of drug-likeness (QED) is 0.819. The predicted octanol–water partition coefficient (Wildman–Crippen LogP) is 0.830. The molecule has 0 bridgehead atoms. The molecule has 2 aromatic heterocycles. The normalized spacial score (nSPS) is 12.0. The summed E-state index contributed by atoms with van der Waals surface area (Å²) in [4.78, 5) is 8.37. The summed E-state index contributed by atoms with van der Waals surface area (Å²) < 4.78 is 1.69. The van der Waals surface area contributed by atoms with Gasteiger partial charge in [0.2, 0.25) is 0 Å². The Balaban J connectivity index is 2.26. The van der Waals surface area contributed by atoms with E-state index in [9.17, 15) is 0 Å². The van der Waals surface area contributed by atoms with Gasteiger partial charge in [-0.05, 0) is 18.9 Å². The van der Waals surface area contributed by atoms with Crippen LogP contribution in [0, 0.1) is 12.3 Å². The van der Waals surface area contributed by atoms with Gasteiger partial charge in [0.15, 0.2) is 0 Å². The summed E-state index contributed by atoms with van der Waals surface area (Å²) in [6.07, 6.45) is 1.50. The Labute approximate surface area is 100 Å². The Bertz CT molecular complexity index is 516. The van der Waals surface area contributed by atoms with Crippen molar-refractivity contribution in [1.29, 1.82) is 0 Å². The van der Waals surface area contributed by atoms with Crippen LogP contribution in [-0.2, 0) is 0 Å². The van der Waals surface area contributed by atoms with E-state index < -0.39 is 0 Å². The van der Waals surface area contributed by atoms with Crippen molar-refractivity contribution in [3.8, 4) is 0 Å². The van der Waals surface area contributed by atoms with Gasteiger partial charge in [0.1, 0.15) is 12.1 Å². The van der Waals surface area contributed by atoms with E-state index in [0.29, 0.717) is 12.3 Å². The van der Waals surface area contributed by atoms with Gasteiger partial charge in [0.25, 0.3) is 5.78 Å². The van der Waals surface area contributed by atoms with Crippen molar-refractivity contribution in [2.24, 2.45) is 11.1 Å². The summed E-state index contributed by atoms with van der Waals surface area (Å²) in [6.45, 7) is 7.58. The SMILES string of the molecule is Cc1cc(NCC(C)(C)CN)n2ncnc2n1. The van der Waals surface area contributed by atoms with Crippen LogP contribution in [0.1, 0.15) is 19.5 Å². The summed E-state index contributed by atoms with van der Waals surface area (Å²) in [7, 11) is 0. The first-order valence-corrected chi connectivity index (χ1v) is 5.63. The van der Waals surface area contributed by atoms with E-state index in [0.717, 1.165) is 18.1 Å². The average Bonchev–Trinajstić information content (AvgIpc) is 2.73. The third-order valence-electron chi connectivity index (χ3n) is 2.68. The monoisotopic (exact) mass is 234 g/mol. The predicted molar refractivity (Wildman–Crippen MR) is 66.8 cm³/mol. The highest BCUT2D eigenvalue weighted by Gasteiger charge is 2.16. The molecule has 0 fully saturated rings. The molecule has 0 saturated heterocycles. The van der Waals surface area contributed by atoms with E-state index in [-0.39, 0.29) is 5.41 Å². The Morgan fingerprint density at radius 1 is 1.47 bits per heavy atom. The van der Waals surface area contributed by atoms with Gasteiger partial charge in [-0.15, -0.1) is 0 Å². The van der Waals surface area contributed by atoms with Gasteiger partial charge in [0, 0.05) is 18.3 Å². The highest BCUT2D eigenvalue weighted by atomic mass is 15.3. The maximum absolute atomic E-state index is 5.71. The fourth-order valence-corrected chi connectivity index (χ4v) is 1.46. The maximum atomic E-state index is 5.71. The van der Waals surface area contributed by atoms with Crippen LogP contribution in [0.3, 0.4) is 0 Å². The lowest BCUT2D eigenvalue weighted by Crippen LogP contribution is -2.31. The molecule has 0 amide bonds. The van der Waals surface area contributed by atoms with Crippen LogP contribution in [0.4, 0.5) is 5.82 Å². The number of hydrogen-bond donors (Lipinski definition) is 2. The third kappa shape index (κ3) is 2.52. The second kappa shape index (κ2) is 4.29. The number of aryl methyl sites for hydroxylation is 1. The number of nitrogens with one attached hydrogen (secondary N) is 1. The van der Waals surface area contributed by atoms with Gasteiger partial charge >= 0.3 is 0 Å². The van der Waals surface area contributed by atoms with Crippen molar-refractivity contribution >= 4 is 11.6 Å². The number of nitrogens with two attached hydrogens (primary N) is 1. The number of anilines is 1. The Hall–Kier alpha value is -1.69. The molecule has 3 N–H and O–H groups in total. The van der Waals surface area contributed by atoms with Crippen LogP contribution < -0.4 is 11.1 Å². The summed E-state index contributed by atoms with van der Waals surface area (Å²) in [6, 6.07) is 1.95. The fourth-order valence-electron chi connectivity index (χ4n) is 1.46. The topological polar surface area (TPSA) is 81.1 Å². The van der Waals surface area contributed by atoms with E-state index in [1.54, 1.807) is 4.52 Å². The molecule has 2 aromatic rings. The fraction of sp³-hybridized carbons (Fsp3) is 0.545. The molecule has 2 rings (SSSR count). The minimum absolute atomic E-state index is 0.0457. The number of nitrogens with zero attached hydrogens (tertiary/aromatic N) is 4. The molecule has 0 atom stereocenters. The van der Waals surface area contributed by atoms with Crippen LogP contribution in [-0.4, -0.2) is 32.7 Å². The lowest BCUT2D eigenvalue weighted by molar-refractivity contribution is 0.405. The molecule has 2 heterocycles. The molecule has 0 aliphatic carbocycles. The minimum Gasteiger partial charge on any atom is -0.369 e. The smallest absolute Gasteiger partial charge is 0.254 e. The zero-order valence-electron chi connectivity index (χ0n) is 10.4. The van der Waals surface area contributed by atoms with E-state index in [4.69, 9.17) is 5.73 Å². The molecule has 0 saturated carbocycles. The van der Waals surface area contributed by atoms with Crippen molar-refractivity contribution in [3.63, 3.8) is 0 Å². The Morgan fingerprint density at radius 2 is 2.24 bits per heavy atom. The number of aromatic nitrogens is 4. The molecule has 92 valence electrons. The van der Waals surface area contributed by atoms with Crippen LogP contribution in [0.15, 0.2) is 12.4 Å². The molecule has 0 aromatic carbocycles. The van der Waals surface area contributed by atoms with Crippen LogP contribution in [0.2, 0.25) is 0 Å². The largest absolute Gasteiger partial charge is 0.369 e. The third-order valence-corrected chi connectivity index (χ3v) is 2.68. The van der Waals surface area contributed by atoms with Gasteiger partial charge in [0.05, 0.1) is 0 Å². The Kier molecular flexibility index (Phi) is 2.97. The van der Waals surface area contributed by atoms with Crippen molar-refractivity contribution in [2.75, 3.05) is 18.4 Å². The standard InChI is InChI=1S/C11H18N6/c1-8-4-9(13-6-11(2,3)5-12)17-10(16-8)14-7-15-17/h4,7,13H,5-6,12H2,1-3H3. The van der Waals surface area contributed by atoms with Gasteiger partial charge in [-0.25, -0.2) is 4.98 Å². The highest BCUT2D eigenvalue weighted by Crippen LogP contribution is 2.16. The molecule has 0 aliphatic rings. The Morgan fingerprint density at radius 3 is 2.94 bits per heavy atom.